The number of carbonyl (C=O) groups excluding carboxylic acids is 4. The van der Waals surface area contributed by atoms with Gasteiger partial charge in [0.2, 0.25) is 0 Å². The summed E-state index contributed by atoms with van der Waals surface area (Å²) in [6.45, 7) is 14.4. The molecule has 0 aliphatic rings. The SMILES string of the molecule is CCC(C)CCCCCCCCCCCCCCCCCCCCC(=O)OC[C@H](COP(=O)(O)OC[C@@H](O)COP(=O)(O)OC[C@@H](COC(=O)CCCCCCCCC(C)CC)OC(=O)CCCCCCCCCCCCCCCCCC(C)C)OC(=O)CCCCCCCCCCCCCCCCCCC(C)C. The quantitative estimate of drug-likeness (QED) is 0.0222. The van der Waals surface area contributed by atoms with Gasteiger partial charge in [-0.2, -0.15) is 0 Å². The number of rotatable bonds is 87. The molecule has 4 unspecified atom stereocenters. The Hall–Kier alpha value is -1.94. The van der Waals surface area contributed by atoms with E-state index in [0.29, 0.717) is 25.7 Å². The maximum atomic E-state index is 13.2. The Kier molecular flexibility index (Phi) is 77.2. The fourth-order valence-corrected chi connectivity index (χ4v) is 15.5. The minimum atomic E-state index is -4.97. The first-order chi connectivity index (χ1) is 52.7. The maximum Gasteiger partial charge on any atom is 0.472 e. The molecule has 0 amide bonds. The summed E-state index contributed by atoms with van der Waals surface area (Å²) in [5.41, 5.74) is 0. The van der Waals surface area contributed by atoms with Crippen LogP contribution in [0.4, 0.5) is 0 Å². The molecule has 0 fully saturated rings. The van der Waals surface area contributed by atoms with Gasteiger partial charge in [-0.3, -0.25) is 37.3 Å². The van der Waals surface area contributed by atoms with Gasteiger partial charge in [-0.15, -0.1) is 0 Å². The van der Waals surface area contributed by atoms with E-state index < -0.39 is 97.5 Å². The molecule has 7 atom stereocenters. The molecule has 0 rings (SSSR count). The van der Waals surface area contributed by atoms with Crippen molar-refractivity contribution in [3.8, 4) is 0 Å². The lowest BCUT2D eigenvalue weighted by Crippen LogP contribution is -2.30. The van der Waals surface area contributed by atoms with Crippen molar-refractivity contribution in [2.75, 3.05) is 39.6 Å². The first-order valence-electron chi connectivity index (χ1n) is 46.3. The number of hydrogen-bond acceptors (Lipinski definition) is 15. The molecular formula is C90H176O17P2. The summed E-state index contributed by atoms with van der Waals surface area (Å²) in [6, 6.07) is 0. The van der Waals surface area contributed by atoms with Crippen LogP contribution >= 0.6 is 15.6 Å². The van der Waals surface area contributed by atoms with E-state index in [4.69, 9.17) is 37.0 Å². The second kappa shape index (κ2) is 78.6. The molecule has 19 heteroatoms. The van der Waals surface area contributed by atoms with E-state index in [9.17, 15) is 43.2 Å². The van der Waals surface area contributed by atoms with E-state index in [1.807, 2.05) is 0 Å². The summed E-state index contributed by atoms with van der Waals surface area (Å²) in [6.07, 6.45) is 69.5. The smallest absolute Gasteiger partial charge is 0.462 e. The van der Waals surface area contributed by atoms with Crippen LogP contribution in [-0.4, -0.2) is 96.7 Å². The van der Waals surface area contributed by atoms with E-state index in [2.05, 4.69) is 55.4 Å². The highest BCUT2D eigenvalue weighted by Crippen LogP contribution is 2.45. The van der Waals surface area contributed by atoms with Gasteiger partial charge in [0.1, 0.15) is 19.3 Å². The summed E-state index contributed by atoms with van der Waals surface area (Å²) in [5.74, 6) is 1.11. The summed E-state index contributed by atoms with van der Waals surface area (Å²) in [4.78, 5) is 73.3. The second-order valence-corrected chi connectivity index (χ2v) is 36.7. The minimum Gasteiger partial charge on any atom is -0.462 e. The van der Waals surface area contributed by atoms with Gasteiger partial charge in [0.25, 0.3) is 0 Å². The standard InChI is InChI=1S/C90H176O17P2/c1-9-82(7)68-60-52-44-38-32-26-20-13-11-12-14-21-27-33-39-45-54-62-70-87(92)100-76-85(106-89(94)72-64-56-46-40-34-28-22-16-15-18-24-30-36-42-50-58-66-80(3)4)78-104-108(96,97)102-74-84(91)75-103-109(98,99)105-79-86(77-101-88(93)71-63-55-49-48-53-61-69-83(8)10-2)107-90(95)73-65-57-47-41-35-29-23-17-19-25-31-37-43-51-59-67-81(5)6/h80-86,91H,9-79H2,1-8H3,(H,96,97)(H,98,99)/t82?,83?,84-,85-,86-/m1/s1. The van der Waals surface area contributed by atoms with E-state index in [-0.39, 0.29) is 25.7 Å². The van der Waals surface area contributed by atoms with Gasteiger partial charge in [0.05, 0.1) is 26.4 Å². The first-order valence-corrected chi connectivity index (χ1v) is 49.3. The van der Waals surface area contributed by atoms with Crippen molar-refractivity contribution < 1.29 is 80.2 Å². The molecule has 0 aliphatic carbocycles. The molecule has 0 heterocycles. The number of carbonyl (C=O) groups is 4. The highest BCUT2D eigenvalue weighted by Gasteiger charge is 2.31. The number of ether oxygens (including phenoxy) is 4. The highest BCUT2D eigenvalue weighted by atomic mass is 31.2. The van der Waals surface area contributed by atoms with Gasteiger partial charge in [0, 0.05) is 25.7 Å². The fourth-order valence-electron chi connectivity index (χ4n) is 14.0. The summed E-state index contributed by atoms with van der Waals surface area (Å²) < 4.78 is 69.0. The Balaban J connectivity index is 5.22. The van der Waals surface area contributed by atoms with Crippen LogP contribution in [-0.2, 0) is 65.4 Å². The van der Waals surface area contributed by atoms with Gasteiger partial charge >= 0.3 is 39.5 Å². The van der Waals surface area contributed by atoms with Gasteiger partial charge in [-0.1, -0.05) is 421 Å². The van der Waals surface area contributed by atoms with Crippen molar-refractivity contribution in [2.24, 2.45) is 23.7 Å². The van der Waals surface area contributed by atoms with Crippen LogP contribution in [0.3, 0.4) is 0 Å². The Morgan fingerprint density at radius 3 is 0.651 bits per heavy atom. The largest absolute Gasteiger partial charge is 0.472 e. The predicted octanol–water partition coefficient (Wildman–Crippen LogP) is 27.5. The third kappa shape index (κ3) is 81.0. The first kappa shape index (κ1) is 107. The van der Waals surface area contributed by atoms with E-state index in [1.54, 1.807) is 0 Å². The molecule has 0 aromatic carbocycles. The van der Waals surface area contributed by atoms with Crippen molar-refractivity contribution in [3.63, 3.8) is 0 Å². The summed E-state index contributed by atoms with van der Waals surface area (Å²) in [5, 5.41) is 10.7. The summed E-state index contributed by atoms with van der Waals surface area (Å²) >= 11 is 0. The Bertz CT molecular complexity index is 2110. The molecule has 0 aliphatic heterocycles. The van der Waals surface area contributed by atoms with Crippen LogP contribution in [0.25, 0.3) is 0 Å². The lowest BCUT2D eigenvalue weighted by molar-refractivity contribution is -0.161. The lowest BCUT2D eigenvalue weighted by atomic mass is 9.99. The third-order valence-electron chi connectivity index (χ3n) is 21.8. The zero-order valence-electron chi connectivity index (χ0n) is 72.2. The van der Waals surface area contributed by atoms with Gasteiger partial charge < -0.3 is 33.8 Å². The maximum absolute atomic E-state index is 13.2. The summed E-state index contributed by atoms with van der Waals surface area (Å²) in [7, 11) is -9.94. The van der Waals surface area contributed by atoms with E-state index in [1.165, 1.54) is 270 Å². The molecular weight excluding hydrogens is 1410 g/mol. The molecule has 0 radical (unpaired) electrons. The van der Waals surface area contributed by atoms with Gasteiger partial charge in [0.15, 0.2) is 12.2 Å². The van der Waals surface area contributed by atoms with Gasteiger partial charge in [-0.25, -0.2) is 9.13 Å². The molecule has 3 N–H and O–H groups in total. The molecule has 109 heavy (non-hydrogen) atoms. The van der Waals surface area contributed by atoms with Crippen molar-refractivity contribution in [1.82, 2.24) is 0 Å². The van der Waals surface area contributed by atoms with Crippen molar-refractivity contribution in [2.45, 2.75) is 491 Å². The molecule has 17 nitrogen and oxygen atoms in total. The number of hydrogen-bond donors (Lipinski definition) is 3. The lowest BCUT2D eigenvalue weighted by Gasteiger charge is -2.21. The van der Waals surface area contributed by atoms with Crippen LogP contribution in [0, 0.1) is 23.7 Å². The number of unbranched alkanes of at least 4 members (excludes halogenated alkanes) is 51. The van der Waals surface area contributed by atoms with Crippen LogP contribution in [0.15, 0.2) is 0 Å². The number of esters is 4. The van der Waals surface area contributed by atoms with E-state index >= 15 is 0 Å². The Labute approximate surface area is 670 Å². The normalized spacial score (nSPS) is 14.4. The second-order valence-electron chi connectivity index (χ2n) is 33.8. The van der Waals surface area contributed by atoms with Crippen molar-refractivity contribution in [1.29, 1.82) is 0 Å². The molecule has 0 saturated carbocycles. The molecule has 0 bridgehead atoms. The average Bonchev–Trinajstić information content (AvgIpc) is 0.896. The Morgan fingerprint density at radius 2 is 0.440 bits per heavy atom. The molecule has 0 aromatic rings. The molecule has 648 valence electrons. The molecule has 0 spiro atoms. The predicted molar refractivity (Wildman–Crippen MR) is 451 cm³/mol. The number of aliphatic hydroxyl groups is 1. The number of aliphatic hydroxyl groups excluding tert-OH is 1. The zero-order chi connectivity index (χ0) is 80.2. The number of phosphoric acid groups is 2. The minimum absolute atomic E-state index is 0.107. The zero-order valence-corrected chi connectivity index (χ0v) is 74.0. The van der Waals surface area contributed by atoms with Crippen LogP contribution in [0.5, 0.6) is 0 Å². The average molecular weight is 1590 g/mol. The van der Waals surface area contributed by atoms with Crippen LogP contribution in [0.1, 0.15) is 473 Å². The number of phosphoric ester groups is 2. The topological polar surface area (TPSA) is 237 Å². The van der Waals surface area contributed by atoms with Crippen molar-refractivity contribution >= 4 is 39.5 Å². The third-order valence-corrected chi connectivity index (χ3v) is 23.7. The molecule has 0 aromatic heterocycles. The van der Waals surface area contributed by atoms with Crippen molar-refractivity contribution in [3.05, 3.63) is 0 Å². The van der Waals surface area contributed by atoms with Crippen LogP contribution < -0.4 is 0 Å². The molecule has 0 saturated heterocycles. The fraction of sp³-hybridized carbons (Fsp3) is 0.956. The van der Waals surface area contributed by atoms with Gasteiger partial charge in [-0.05, 0) is 49.4 Å². The van der Waals surface area contributed by atoms with Crippen LogP contribution in [0.2, 0.25) is 0 Å². The Morgan fingerprint density at radius 1 is 0.257 bits per heavy atom. The van der Waals surface area contributed by atoms with E-state index in [0.717, 1.165) is 120 Å². The highest BCUT2D eigenvalue weighted by molar-refractivity contribution is 7.47. The monoisotopic (exact) mass is 1590 g/mol.